The lowest BCUT2D eigenvalue weighted by Crippen LogP contribution is -2.38. The summed E-state index contributed by atoms with van der Waals surface area (Å²) in [4.78, 5) is 13.0. The molecule has 40 heavy (non-hydrogen) atoms. The molecule has 1 amide bonds. The predicted molar refractivity (Wildman–Crippen MR) is 159 cm³/mol. The fraction of sp³-hybridized carbons (Fsp3) is 0.138. The van der Waals surface area contributed by atoms with Crippen LogP contribution in [0.2, 0.25) is 5.02 Å². The van der Waals surface area contributed by atoms with E-state index in [9.17, 15) is 21.6 Å². The summed E-state index contributed by atoms with van der Waals surface area (Å²) in [6, 6.07) is 23.4. The summed E-state index contributed by atoms with van der Waals surface area (Å²) < 4.78 is 56.3. The molecule has 4 aromatic carbocycles. The lowest BCUT2D eigenvalue weighted by Gasteiger charge is -2.24. The van der Waals surface area contributed by atoms with Gasteiger partial charge in [-0.05, 0) is 93.1 Å². The molecule has 0 aromatic heterocycles. The van der Waals surface area contributed by atoms with Crippen molar-refractivity contribution < 1.29 is 21.6 Å². The highest BCUT2D eigenvalue weighted by Gasteiger charge is 2.27. The van der Waals surface area contributed by atoms with E-state index in [2.05, 4.69) is 10.0 Å². The van der Waals surface area contributed by atoms with E-state index in [-0.39, 0.29) is 9.79 Å². The van der Waals surface area contributed by atoms with Crippen LogP contribution in [0.1, 0.15) is 16.7 Å². The lowest BCUT2D eigenvalue weighted by molar-refractivity contribution is -0.114. The second kappa shape index (κ2) is 11.7. The van der Waals surface area contributed by atoms with Crippen LogP contribution in [0.4, 0.5) is 17.1 Å². The number of halogens is 1. The van der Waals surface area contributed by atoms with E-state index in [0.29, 0.717) is 22.1 Å². The van der Waals surface area contributed by atoms with Gasteiger partial charge in [-0.2, -0.15) is 0 Å². The van der Waals surface area contributed by atoms with Crippen LogP contribution in [0.3, 0.4) is 0 Å². The van der Waals surface area contributed by atoms with Crippen molar-refractivity contribution in [3.8, 4) is 0 Å². The van der Waals surface area contributed by atoms with E-state index in [1.165, 1.54) is 48.5 Å². The van der Waals surface area contributed by atoms with Gasteiger partial charge >= 0.3 is 0 Å². The van der Waals surface area contributed by atoms with Gasteiger partial charge in [0.1, 0.15) is 6.54 Å². The average Bonchev–Trinajstić information content (AvgIpc) is 2.90. The number of sulfonamides is 2. The number of amides is 1. The highest BCUT2D eigenvalue weighted by atomic mass is 35.5. The van der Waals surface area contributed by atoms with E-state index < -0.39 is 32.5 Å². The molecule has 0 saturated heterocycles. The van der Waals surface area contributed by atoms with Crippen LogP contribution in [0.25, 0.3) is 0 Å². The normalized spacial score (nSPS) is 11.6. The molecule has 11 heteroatoms. The summed E-state index contributed by atoms with van der Waals surface area (Å²) >= 11 is 5.93. The number of nitrogens with one attached hydrogen (secondary N) is 2. The van der Waals surface area contributed by atoms with Gasteiger partial charge in [0.05, 0.1) is 21.2 Å². The Hall–Kier alpha value is -3.86. The first-order valence-corrected chi connectivity index (χ1v) is 15.5. The van der Waals surface area contributed by atoms with Gasteiger partial charge in [-0.15, -0.1) is 0 Å². The largest absolute Gasteiger partial charge is 0.325 e. The summed E-state index contributed by atoms with van der Waals surface area (Å²) in [6.07, 6.45) is 0. The van der Waals surface area contributed by atoms with Gasteiger partial charge in [-0.1, -0.05) is 47.0 Å². The van der Waals surface area contributed by atoms with Crippen LogP contribution in [0.15, 0.2) is 101 Å². The first-order valence-electron chi connectivity index (χ1n) is 12.2. The molecule has 0 aliphatic rings. The third kappa shape index (κ3) is 6.82. The first kappa shape index (κ1) is 29.1. The van der Waals surface area contributed by atoms with E-state index >= 15 is 0 Å². The Labute approximate surface area is 239 Å². The van der Waals surface area contributed by atoms with Crippen molar-refractivity contribution in [1.29, 1.82) is 0 Å². The SMILES string of the molecule is Cc1ccc(N(CC(=O)Nc2ccc(S(=O)(=O)Nc3ccc(C)cc3C)cc2)S(=O)(=O)c2ccc(Cl)cc2)cc1. The fourth-order valence-corrected chi connectivity index (χ4v) is 6.62. The Bertz CT molecular complexity index is 1740. The zero-order valence-electron chi connectivity index (χ0n) is 22.1. The Morgan fingerprint density at radius 1 is 0.750 bits per heavy atom. The molecular formula is C29H28ClN3O5S2. The minimum atomic E-state index is -4.11. The molecule has 4 aromatic rings. The standard InChI is InChI=1S/C29H28ClN3O5S2/c1-20-4-11-25(12-5-20)33(40(37,38)27-13-7-23(30)8-14-27)19-29(34)31-24-9-15-26(16-10-24)39(35,36)32-28-17-6-21(2)18-22(28)3/h4-18,32H,19H2,1-3H3,(H,31,34). The number of aryl methyl sites for hydroxylation is 3. The second-order valence-corrected chi connectivity index (χ2v) is 13.3. The summed E-state index contributed by atoms with van der Waals surface area (Å²) in [5.41, 5.74) is 3.83. The molecule has 0 radical (unpaired) electrons. The van der Waals surface area contributed by atoms with E-state index in [1.807, 2.05) is 32.9 Å². The van der Waals surface area contributed by atoms with Crippen molar-refractivity contribution in [2.45, 2.75) is 30.6 Å². The minimum Gasteiger partial charge on any atom is -0.325 e. The van der Waals surface area contributed by atoms with Crippen molar-refractivity contribution >= 4 is 54.6 Å². The van der Waals surface area contributed by atoms with Gasteiger partial charge in [0.25, 0.3) is 20.0 Å². The maximum atomic E-state index is 13.5. The summed E-state index contributed by atoms with van der Waals surface area (Å²) in [6.45, 7) is 5.10. The third-order valence-electron chi connectivity index (χ3n) is 6.09. The summed E-state index contributed by atoms with van der Waals surface area (Å²) in [5, 5.41) is 3.03. The van der Waals surface area contributed by atoms with Gasteiger partial charge in [0, 0.05) is 10.7 Å². The number of carbonyl (C=O) groups is 1. The number of rotatable bonds is 9. The van der Waals surface area contributed by atoms with Crippen molar-refractivity contribution in [3.63, 3.8) is 0 Å². The number of hydrogen-bond donors (Lipinski definition) is 2. The molecule has 0 heterocycles. The second-order valence-electron chi connectivity index (χ2n) is 9.30. The summed E-state index contributed by atoms with van der Waals surface area (Å²) in [7, 11) is -7.97. The van der Waals surface area contributed by atoms with Crippen LogP contribution in [-0.4, -0.2) is 29.3 Å². The Balaban J connectivity index is 1.53. The molecule has 208 valence electrons. The number of benzene rings is 4. The number of anilines is 3. The van der Waals surface area contributed by atoms with Crippen molar-refractivity contribution in [2.75, 3.05) is 20.9 Å². The first-order chi connectivity index (χ1) is 18.8. The molecule has 0 unspecified atom stereocenters. The molecule has 0 saturated carbocycles. The molecule has 0 aliphatic heterocycles. The maximum Gasteiger partial charge on any atom is 0.264 e. The van der Waals surface area contributed by atoms with Gasteiger partial charge in [0.2, 0.25) is 5.91 Å². The van der Waals surface area contributed by atoms with Gasteiger partial charge < -0.3 is 5.32 Å². The Morgan fingerprint density at radius 2 is 1.32 bits per heavy atom. The zero-order valence-corrected chi connectivity index (χ0v) is 24.4. The van der Waals surface area contributed by atoms with E-state index in [0.717, 1.165) is 21.0 Å². The summed E-state index contributed by atoms with van der Waals surface area (Å²) in [5.74, 6) is -0.609. The van der Waals surface area contributed by atoms with Crippen LogP contribution in [0.5, 0.6) is 0 Å². The van der Waals surface area contributed by atoms with Gasteiger partial charge in [-0.25, -0.2) is 16.8 Å². The molecule has 2 N–H and O–H groups in total. The molecule has 0 atom stereocenters. The fourth-order valence-electron chi connectivity index (χ4n) is 3.94. The smallest absolute Gasteiger partial charge is 0.264 e. The van der Waals surface area contributed by atoms with Crippen LogP contribution >= 0.6 is 11.6 Å². The molecule has 8 nitrogen and oxygen atoms in total. The number of carbonyl (C=O) groups excluding carboxylic acids is 1. The molecule has 0 bridgehead atoms. The topological polar surface area (TPSA) is 113 Å². The zero-order chi connectivity index (χ0) is 29.1. The molecule has 0 aliphatic carbocycles. The maximum absolute atomic E-state index is 13.5. The van der Waals surface area contributed by atoms with Gasteiger partial charge in [0.15, 0.2) is 0 Å². The van der Waals surface area contributed by atoms with E-state index in [1.54, 1.807) is 30.3 Å². The van der Waals surface area contributed by atoms with Crippen LogP contribution in [0, 0.1) is 20.8 Å². The number of nitrogens with zero attached hydrogens (tertiary/aromatic N) is 1. The highest BCUT2D eigenvalue weighted by Crippen LogP contribution is 2.26. The molecule has 0 fully saturated rings. The quantitative estimate of drug-likeness (QED) is 0.249. The monoisotopic (exact) mass is 597 g/mol. The van der Waals surface area contributed by atoms with Gasteiger partial charge in [-0.3, -0.25) is 13.8 Å². The lowest BCUT2D eigenvalue weighted by atomic mass is 10.1. The highest BCUT2D eigenvalue weighted by molar-refractivity contribution is 7.93. The Kier molecular flexibility index (Phi) is 8.53. The number of hydrogen-bond acceptors (Lipinski definition) is 5. The van der Waals surface area contributed by atoms with Crippen molar-refractivity contribution in [1.82, 2.24) is 0 Å². The van der Waals surface area contributed by atoms with E-state index in [4.69, 9.17) is 11.6 Å². The predicted octanol–water partition coefficient (Wildman–Crippen LogP) is 5.90. The van der Waals surface area contributed by atoms with Crippen LogP contribution < -0.4 is 14.3 Å². The minimum absolute atomic E-state index is 0.0112. The molecular weight excluding hydrogens is 570 g/mol. The third-order valence-corrected chi connectivity index (χ3v) is 9.51. The van der Waals surface area contributed by atoms with Crippen molar-refractivity contribution in [2.24, 2.45) is 0 Å². The Morgan fingerprint density at radius 3 is 1.93 bits per heavy atom. The van der Waals surface area contributed by atoms with Crippen molar-refractivity contribution in [3.05, 3.63) is 113 Å². The average molecular weight is 598 g/mol. The molecule has 0 spiro atoms. The van der Waals surface area contributed by atoms with Crippen LogP contribution in [-0.2, 0) is 24.8 Å². The molecule has 4 rings (SSSR count).